The average molecular weight is 379 g/mol. The second-order valence-electron chi connectivity index (χ2n) is 5.25. The summed E-state index contributed by atoms with van der Waals surface area (Å²) in [5, 5.41) is -0.0388. The Hall–Kier alpha value is -0.103. The van der Waals surface area contributed by atoms with E-state index in [0.717, 1.165) is 11.1 Å². The van der Waals surface area contributed by atoms with Gasteiger partial charge in [0.1, 0.15) is 4.50 Å². The number of hydrogen-bond donors (Lipinski definition) is 0. The van der Waals surface area contributed by atoms with Gasteiger partial charge in [-0.15, -0.1) is 23.2 Å². The van der Waals surface area contributed by atoms with Crippen LogP contribution in [0, 0.1) is 0 Å². The van der Waals surface area contributed by atoms with Gasteiger partial charge in [-0.2, -0.15) is 0 Å². The zero-order valence-electron chi connectivity index (χ0n) is 14.7. The highest BCUT2D eigenvalue weighted by Gasteiger charge is 2.60. The Kier molecular flexibility index (Phi) is 8.56. The number of halogens is 2. The van der Waals surface area contributed by atoms with Gasteiger partial charge in [0.2, 0.25) is 0 Å². The van der Waals surface area contributed by atoms with E-state index in [-0.39, 0.29) is 5.38 Å². The van der Waals surface area contributed by atoms with Crippen LogP contribution >= 0.6 is 23.2 Å². The summed E-state index contributed by atoms with van der Waals surface area (Å²) in [7, 11) is -3.10. The molecule has 0 saturated heterocycles. The Labute approximate surface area is 151 Å². The maximum absolute atomic E-state index is 7.09. The van der Waals surface area contributed by atoms with Crippen molar-refractivity contribution in [3.8, 4) is 0 Å². The van der Waals surface area contributed by atoms with Gasteiger partial charge in [-0.25, -0.2) is 0 Å². The Balaban J connectivity index is 3.35. The Bertz CT molecular complexity index is 450. The summed E-state index contributed by atoms with van der Waals surface area (Å²) in [6.45, 7) is 11.3. The molecule has 23 heavy (non-hydrogen) atoms. The normalized spacial score (nSPS) is 16.1. The molecule has 0 fully saturated rings. The number of alkyl halides is 2. The third kappa shape index (κ3) is 4.50. The summed E-state index contributed by atoms with van der Waals surface area (Å²) < 4.78 is 17.3. The molecule has 2 unspecified atom stereocenters. The molecule has 0 heterocycles. The minimum atomic E-state index is -3.10. The standard InChI is InChI=1S/C17H28Cl2O3Si/c1-6-17(19,16-12-10-15(11-13-16)14(5)18)23(20-7-2,21-8-3)22-9-4/h10-14H,6-9H2,1-5H3. The molecule has 0 bridgehead atoms. The number of benzene rings is 1. The first-order chi connectivity index (χ1) is 10.9. The highest BCUT2D eigenvalue weighted by atomic mass is 35.5. The minimum absolute atomic E-state index is 0.0388. The average Bonchev–Trinajstić information content (AvgIpc) is 2.54. The smallest absolute Gasteiger partial charge is 0.373 e. The zero-order valence-corrected chi connectivity index (χ0v) is 17.2. The van der Waals surface area contributed by atoms with Crippen molar-refractivity contribution in [1.29, 1.82) is 0 Å². The molecule has 0 radical (unpaired) electrons. The summed E-state index contributed by atoms with van der Waals surface area (Å²) >= 11 is 13.2. The number of hydrogen-bond acceptors (Lipinski definition) is 3. The summed E-state index contributed by atoms with van der Waals surface area (Å²) in [5.74, 6) is 0. The maximum atomic E-state index is 7.09. The molecule has 0 aliphatic rings. The van der Waals surface area contributed by atoms with Crippen LogP contribution in [0.4, 0.5) is 0 Å². The predicted molar refractivity (Wildman–Crippen MR) is 99.2 cm³/mol. The van der Waals surface area contributed by atoms with Crippen molar-refractivity contribution >= 4 is 32.0 Å². The Morgan fingerprint density at radius 2 is 1.39 bits per heavy atom. The fourth-order valence-electron chi connectivity index (χ4n) is 2.65. The summed E-state index contributed by atoms with van der Waals surface area (Å²) in [5.41, 5.74) is 2.01. The van der Waals surface area contributed by atoms with Gasteiger partial charge in [-0.1, -0.05) is 31.2 Å². The summed E-state index contributed by atoms with van der Waals surface area (Å²) in [6.07, 6.45) is 0.649. The first-order valence-electron chi connectivity index (χ1n) is 8.25. The molecule has 0 aromatic heterocycles. The molecule has 0 aliphatic heterocycles. The molecule has 3 nitrogen and oxygen atoms in total. The van der Waals surface area contributed by atoms with Gasteiger partial charge in [0, 0.05) is 19.8 Å². The first-order valence-corrected chi connectivity index (χ1v) is 10.8. The second kappa shape index (κ2) is 9.40. The third-order valence-corrected chi connectivity index (χ3v) is 8.85. The van der Waals surface area contributed by atoms with E-state index in [9.17, 15) is 0 Å². The van der Waals surface area contributed by atoms with Crippen LogP contribution in [-0.4, -0.2) is 28.6 Å². The van der Waals surface area contributed by atoms with Gasteiger partial charge in [0.15, 0.2) is 0 Å². The molecular formula is C17H28Cl2O3Si. The lowest BCUT2D eigenvalue weighted by Gasteiger charge is -2.41. The molecule has 1 rings (SSSR count). The molecule has 2 atom stereocenters. The first kappa shape index (κ1) is 20.9. The van der Waals surface area contributed by atoms with Gasteiger partial charge in [0.05, 0.1) is 5.38 Å². The summed E-state index contributed by atoms with van der Waals surface area (Å²) in [4.78, 5) is 0. The van der Waals surface area contributed by atoms with Gasteiger partial charge in [0.25, 0.3) is 0 Å². The van der Waals surface area contributed by atoms with Gasteiger partial charge in [-0.05, 0) is 45.2 Å². The van der Waals surface area contributed by atoms with Crippen molar-refractivity contribution < 1.29 is 13.3 Å². The van der Waals surface area contributed by atoms with Crippen LogP contribution < -0.4 is 0 Å². The quantitative estimate of drug-likeness (QED) is 0.401. The second-order valence-corrected chi connectivity index (χ2v) is 9.70. The lowest BCUT2D eigenvalue weighted by molar-refractivity contribution is 0.0554. The minimum Gasteiger partial charge on any atom is -0.373 e. The highest BCUT2D eigenvalue weighted by molar-refractivity contribution is 6.73. The predicted octanol–water partition coefficient (Wildman–Crippen LogP) is 5.42. The molecule has 6 heteroatoms. The zero-order chi connectivity index (χ0) is 17.5. The third-order valence-electron chi connectivity index (χ3n) is 3.80. The molecular weight excluding hydrogens is 351 g/mol. The largest absolute Gasteiger partial charge is 0.527 e. The van der Waals surface area contributed by atoms with Crippen LogP contribution in [-0.2, 0) is 17.8 Å². The SMILES string of the molecule is CCO[Si](OCC)(OCC)C(Cl)(CC)c1ccc(C(C)Cl)cc1. The molecule has 0 N–H and O–H groups in total. The Morgan fingerprint density at radius 1 is 0.957 bits per heavy atom. The van der Waals surface area contributed by atoms with E-state index in [0.29, 0.717) is 26.2 Å². The van der Waals surface area contributed by atoms with E-state index in [1.54, 1.807) is 0 Å². The fourth-order valence-corrected chi connectivity index (χ4v) is 6.44. The van der Waals surface area contributed by atoms with Crippen LogP contribution in [0.2, 0.25) is 0 Å². The van der Waals surface area contributed by atoms with Gasteiger partial charge < -0.3 is 13.3 Å². The van der Waals surface area contributed by atoms with Crippen molar-refractivity contribution in [3.63, 3.8) is 0 Å². The lowest BCUT2D eigenvalue weighted by Crippen LogP contribution is -2.60. The highest BCUT2D eigenvalue weighted by Crippen LogP contribution is 2.43. The molecule has 132 valence electrons. The topological polar surface area (TPSA) is 27.7 Å². The molecule has 0 aliphatic carbocycles. The molecule has 0 spiro atoms. The molecule has 1 aromatic carbocycles. The summed E-state index contributed by atoms with van der Waals surface area (Å²) in [6, 6.07) is 8.01. The molecule has 0 saturated carbocycles. The Morgan fingerprint density at radius 3 is 1.70 bits per heavy atom. The van der Waals surface area contributed by atoms with E-state index in [1.807, 2.05) is 58.9 Å². The van der Waals surface area contributed by atoms with Crippen LogP contribution in [0.15, 0.2) is 24.3 Å². The van der Waals surface area contributed by atoms with E-state index >= 15 is 0 Å². The molecule has 1 aromatic rings. The van der Waals surface area contributed by atoms with Crippen molar-refractivity contribution in [2.24, 2.45) is 0 Å². The van der Waals surface area contributed by atoms with E-state index < -0.39 is 13.3 Å². The van der Waals surface area contributed by atoms with Gasteiger partial charge >= 0.3 is 8.80 Å². The van der Waals surface area contributed by atoms with Crippen LogP contribution in [0.1, 0.15) is 57.5 Å². The van der Waals surface area contributed by atoms with Crippen molar-refractivity contribution in [2.45, 2.75) is 50.9 Å². The van der Waals surface area contributed by atoms with Crippen molar-refractivity contribution in [1.82, 2.24) is 0 Å². The van der Waals surface area contributed by atoms with Crippen molar-refractivity contribution in [2.75, 3.05) is 19.8 Å². The van der Waals surface area contributed by atoms with E-state index in [2.05, 4.69) is 0 Å². The van der Waals surface area contributed by atoms with Crippen LogP contribution in [0.5, 0.6) is 0 Å². The maximum Gasteiger partial charge on any atom is 0.527 e. The number of rotatable bonds is 10. The van der Waals surface area contributed by atoms with Crippen molar-refractivity contribution in [3.05, 3.63) is 35.4 Å². The fraction of sp³-hybridized carbons (Fsp3) is 0.647. The van der Waals surface area contributed by atoms with E-state index in [4.69, 9.17) is 36.5 Å². The monoisotopic (exact) mass is 378 g/mol. The van der Waals surface area contributed by atoms with Crippen LogP contribution in [0.25, 0.3) is 0 Å². The van der Waals surface area contributed by atoms with Crippen LogP contribution in [0.3, 0.4) is 0 Å². The lowest BCUT2D eigenvalue weighted by atomic mass is 10.1. The van der Waals surface area contributed by atoms with Gasteiger partial charge in [-0.3, -0.25) is 0 Å². The molecule has 0 amide bonds. The van der Waals surface area contributed by atoms with E-state index in [1.165, 1.54) is 0 Å².